The maximum atomic E-state index is 11.7. The summed E-state index contributed by atoms with van der Waals surface area (Å²) in [5, 5.41) is 0. The summed E-state index contributed by atoms with van der Waals surface area (Å²) in [6.07, 6.45) is 2.13. The largest absolute Gasteiger partial charge is 0.426 e. The van der Waals surface area contributed by atoms with E-state index in [1.54, 1.807) is 0 Å². The third kappa shape index (κ3) is 5.21. The van der Waals surface area contributed by atoms with Crippen molar-refractivity contribution in [2.45, 2.75) is 45.4 Å². The van der Waals surface area contributed by atoms with Crippen molar-refractivity contribution in [3.63, 3.8) is 0 Å². The Kier molecular flexibility index (Phi) is 5.39. The number of hydrogen-bond acceptors (Lipinski definition) is 2. The second kappa shape index (κ2) is 6.37. The second-order valence-corrected chi connectivity index (χ2v) is 7.17. The van der Waals surface area contributed by atoms with Crippen LogP contribution in [0.3, 0.4) is 0 Å². The highest BCUT2D eigenvalue weighted by molar-refractivity contribution is 9.09. The molecule has 0 amide bonds. The molecule has 0 aliphatic carbocycles. The Hall–Kier alpha value is -0.830. The van der Waals surface area contributed by atoms with Crippen molar-refractivity contribution in [2.24, 2.45) is 5.41 Å². The van der Waals surface area contributed by atoms with Crippen LogP contribution in [0.4, 0.5) is 0 Å². The summed E-state index contributed by atoms with van der Waals surface area (Å²) >= 11 is 3.53. The van der Waals surface area contributed by atoms with E-state index in [-0.39, 0.29) is 5.97 Å². The van der Waals surface area contributed by atoms with Crippen molar-refractivity contribution in [1.29, 1.82) is 0 Å². The monoisotopic (exact) mass is 312 g/mol. The fourth-order valence-corrected chi connectivity index (χ4v) is 1.58. The number of ether oxygens (including phenoxy) is 1. The smallest absolute Gasteiger partial charge is 0.316 e. The molecule has 0 saturated heterocycles. The Morgan fingerprint density at radius 2 is 1.83 bits per heavy atom. The number of rotatable bonds is 4. The van der Waals surface area contributed by atoms with Gasteiger partial charge in [-0.05, 0) is 51.3 Å². The van der Waals surface area contributed by atoms with Crippen LogP contribution in [0, 0.1) is 5.41 Å². The summed E-state index contributed by atoms with van der Waals surface area (Å²) in [7, 11) is 0. The zero-order valence-electron chi connectivity index (χ0n) is 11.5. The molecule has 1 aromatic carbocycles. The minimum absolute atomic E-state index is 0.204. The SMILES string of the molecule is CC(Br)CCc1ccc(OC(=O)C(C)(C)C)cc1. The minimum atomic E-state index is -0.468. The molecule has 18 heavy (non-hydrogen) atoms. The zero-order chi connectivity index (χ0) is 13.8. The molecule has 1 atom stereocenters. The summed E-state index contributed by atoms with van der Waals surface area (Å²) in [5.74, 6) is 0.412. The van der Waals surface area contributed by atoms with Gasteiger partial charge < -0.3 is 4.74 Å². The molecule has 0 radical (unpaired) electrons. The molecule has 1 unspecified atom stereocenters. The summed E-state index contributed by atoms with van der Waals surface area (Å²) < 4.78 is 5.31. The first kappa shape index (κ1) is 15.2. The van der Waals surface area contributed by atoms with Crippen LogP contribution >= 0.6 is 15.9 Å². The van der Waals surface area contributed by atoms with Gasteiger partial charge in [0.15, 0.2) is 0 Å². The van der Waals surface area contributed by atoms with Crippen molar-refractivity contribution in [2.75, 3.05) is 0 Å². The van der Waals surface area contributed by atoms with Crippen molar-refractivity contribution in [3.05, 3.63) is 29.8 Å². The number of benzene rings is 1. The Morgan fingerprint density at radius 3 is 2.28 bits per heavy atom. The highest BCUT2D eigenvalue weighted by atomic mass is 79.9. The normalized spacial score (nSPS) is 13.2. The molecular formula is C15H21BrO2. The Labute approximate surface area is 118 Å². The van der Waals surface area contributed by atoms with Crippen LogP contribution in [0.2, 0.25) is 0 Å². The molecule has 3 heteroatoms. The lowest BCUT2D eigenvalue weighted by Crippen LogP contribution is -2.25. The molecule has 100 valence electrons. The third-order valence-electron chi connectivity index (χ3n) is 2.58. The van der Waals surface area contributed by atoms with Gasteiger partial charge in [-0.25, -0.2) is 0 Å². The molecule has 2 nitrogen and oxygen atoms in total. The van der Waals surface area contributed by atoms with Gasteiger partial charge in [-0.1, -0.05) is 35.0 Å². The zero-order valence-corrected chi connectivity index (χ0v) is 13.1. The van der Waals surface area contributed by atoms with Crippen LogP contribution in [-0.2, 0) is 11.2 Å². The fraction of sp³-hybridized carbons (Fsp3) is 0.533. The van der Waals surface area contributed by atoms with E-state index in [1.807, 2.05) is 45.0 Å². The fourth-order valence-electron chi connectivity index (χ4n) is 1.35. The standard InChI is InChI=1S/C15H21BrO2/c1-11(16)5-6-12-7-9-13(10-8-12)18-14(17)15(2,3)4/h7-11H,5-6H2,1-4H3. The minimum Gasteiger partial charge on any atom is -0.426 e. The van der Waals surface area contributed by atoms with E-state index in [0.717, 1.165) is 12.8 Å². The van der Waals surface area contributed by atoms with Gasteiger partial charge in [0.1, 0.15) is 5.75 Å². The Balaban J connectivity index is 2.58. The van der Waals surface area contributed by atoms with Gasteiger partial charge in [0.25, 0.3) is 0 Å². The van der Waals surface area contributed by atoms with Gasteiger partial charge in [-0.15, -0.1) is 0 Å². The van der Waals surface area contributed by atoms with Crippen LogP contribution in [0.25, 0.3) is 0 Å². The molecule has 0 spiro atoms. The molecule has 0 heterocycles. The van der Waals surface area contributed by atoms with Gasteiger partial charge in [-0.2, -0.15) is 0 Å². The second-order valence-electron chi connectivity index (χ2n) is 5.60. The average Bonchev–Trinajstić information content (AvgIpc) is 2.26. The number of hydrogen-bond donors (Lipinski definition) is 0. The summed E-state index contributed by atoms with van der Waals surface area (Å²) in [4.78, 5) is 12.2. The lowest BCUT2D eigenvalue weighted by molar-refractivity contribution is -0.142. The van der Waals surface area contributed by atoms with Gasteiger partial charge in [-0.3, -0.25) is 4.79 Å². The van der Waals surface area contributed by atoms with Crippen molar-refractivity contribution < 1.29 is 9.53 Å². The van der Waals surface area contributed by atoms with E-state index in [2.05, 4.69) is 22.9 Å². The van der Waals surface area contributed by atoms with E-state index < -0.39 is 5.41 Å². The van der Waals surface area contributed by atoms with Crippen LogP contribution in [-0.4, -0.2) is 10.8 Å². The number of aryl methyl sites for hydroxylation is 1. The van der Waals surface area contributed by atoms with Crippen LogP contribution in [0.15, 0.2) is 24.3 Å². The molecule has 0 N–H and O–H groups in total. The van der Waals surface area contributed by atoms with Crippen molar-refractivity contribution in [1.82, 2.24) is 0 Å². The summed E-state index contributed by atoms with van der Waals surface area (Å²) in [6.45, 7) is 7.68. The first-order valence-electron chi connectivity index (χ1n) is 6.24. The van der Waals surface area contributed by atoms with Gasteiger partial charge >= 0.3 is 5.97 Å². The van der Waals surface area contributed by atoms with E-state index in [4.69, 9.17) is 4.74 Å². The van der Waals surface area contributed by atoms with E-state index in [9.17, 15) is 4.79 Å². The number of alkyl halides is 1. The highest BCUT2D eigenvalue weighted by Crippen LogP contribution is 2.20. The average molecular weight is 313 g/mol. The van der Waals surface area contributed by atoms with Crippen LogP contribution < -0.4 is 4.74 Å². The van der Waals surface area contributed by atoms with Crippen LogP contribution in [0.1, 0.15) is 39.7 Å². The lowest BCUT2D eigenvalue weighted by atomic mass is 9.97. The third-order valence-corrected chi connectivity index (χ3v) is 3.03. The lowest BCUT2D eigenvalue weighted by Gasteiger charge is -2.16. The molecular weight excluding hydrogens is 292 g/mol. The van der Waals surface area contributed by atoms with E-state index >= 15 is 0 Å². The summed E-state index contributed by atoms with van der Waals surface area (Å²) in [6, 6.07) is 7.75. The Bertz CT molecular complexity index is 388. The van der Waals surface area contributed by atoms with Crippen LogP contribution in [0.5, 0.6) is 5.75 Å². The molecule has 0 aliphatic heterocycles. The number of carbonyl (C=O) groups excluding carboxylic acids is 1. The predicted octanol–water partition coefficient (Wildman–Crippen LogP) is 4.35. The molecule has 1 aromatic rings. The van der Waals surface area contributed by atoms with E-state index in [0.29, 0.717) is 10.6 Å². The van der Waals surface area contributed by atoms with Gasteiger partial charge in [0.2, 0.25) is 0 Å². The molecule has 1 rings (SSSR count). The molecule has 0 aromatic heterocycles. The van der Waals surface area contributed by atoms with E-state index in [1.165, 1.54) is 5.56 Å². The number of carbonyl (C=O) groups is 1. The maximum absolute atomic E-state index is 11.7. The molecule has 0 fully saturated rings. The topological polar surface area (TPSA) is 26.3 Å². The molecule has 0 aliphatic rings. The summed E-state index contributed by atoms with van der Waals surface area (Å²) in [5.41, 5.74) is 0.793. The van der Waals surface area contributed by atoms with Gasteiger partial charge in [0, 0.05) is 4.83 Å². The number of halogens is 1. The highest BCUT2D eigenvalue weighted by Gasteiger charge is 2.23. The first-order chi connectivity index (χ1) is 8.29. The van der Waals surface area contributed by atoms with Crippen molar-refractivity contribution >= 4 is 21.9 Å². The van der Waals surface area contributed by atoms with Gasteiger partial charge in [0.05, 0.1) is 5.41 Å². The Morgan fingerprint density at radius 1 is 1.28 bits per heavy atom. The predicted molar refractivity (Wildman–Crippen MR) is 78.2 cm³/mol. The number of esters is 1. The first-order valence-corrected chi connectivity index (χ1v) is 7.16. The maximum Gasteiger partial charge on any atom is 0.316 e. The van der Waals surface area contributed by atoms with Crippen molar-refractivity contribution in [3.8, 4) is 5.75 Å². The molecule has 0 bridgehead atoms. The quantitative estimate of drug-likeness (QED) is 0.469. The molecule has 0 saturated carbocycles.